The Kier molecular flexibility index (Phi) is 6.83. The van der Waals surface area contributed by atoms with Gasteiger partial charge in [-0.25, -0.2) is 4.79 Å². The van der Waals surface area contributed by atoms with E-state index in [1.165, 1.54) is 36.6 Å². The van der Waals surface area contributed by atoms with E-state index in [-0.39, 0.29) is 23.8 Å². The van der Waals surface area contributed by atoms with Gasteiger partial charge in [0, 0.05) is 12.6 Å². The Bertz CT molecular complexity index is 861. The molecule has 1 aliphatic heterocycles. The van der Waals surface area contributed by atoms with Crippen molar-refractivity contribution in [1.82, 2.24) is 5.32 Å². The van der Waals surface area contributed by atoms with Crippen molar-refractivity contribution in [2.24, 2.45) is 0 Å². The lowest BCUT2D eigenvalue weighted by Crippen LogP contribution is -2.29. The van der Waals surface area contributed by atoms with Gasteiger partial charge in [0.1, 0.15) is 0 Å². The summed E-state index contributed by atoms with van der Waals surface area (Å²) in [5, 5.41) is 13.9. The fourth-order valence-electron chi connectivity index (χ4n) is 3.13. The third kappa shape index (κ3) is 5.81. The summed E-state index contributed by atoms with van der Waals surface area (Å²) in [5.74, 6) is -0.535. The van der Waals surface area contributed by atoms with Crippen LogP contribution in [0.5, 0.6) is 11.5 Å². The molecule has 1 aliphatic carbocycles. The third-order valence-electron chi connectivity index (χ3n) is 4.62. The molecule has 0 radical (unpaired) electrons. The monoisotopic (exact) mass is 402 g/mol. The minimum Gasteiger partial charge on any atom is -0.454 e. The van der Waals surface area contributed by atoms with Crippen molar-refractivity contribution in [2.75, 3.05) is 19.9 Å². The Morgan fingerprint density at radius 3 is 2.76 bits per heavy atom. The quantitative estimate of drug-likeness (QED) is 0.234. The van der Waals surface area contributed by atoms with Crippen LogP contribution in [0, 0.1) is 10.1 Å². The van der Waals surface area contributed by atoms with Gasteiger partial charge in [-0.05, 0) is 44.2 Å². The Hall–Kier alpha value is -3.36. The van der Waals surface area contributed by atoms with Crippen LogP contribution >= 0.6 is 0 Å². The summed E-state index contributed by atoms with van der Waals surface area (Å²) in [7, 11) is 0. The lowest BCUT2D eigenvalue weighted by molar-refractivity contribution is -0.385. The molecule has 0 atom stereocenters. The summed E-state index contributed by atoms with van der Waals surface area (Å²) in [5.41, 5.74) is 1.29. The van der Waals surface area contributed by atoms with E-state index < -0.39 is 23.4 Å². The van der Waals surface area contributed by atoms with Gasteiger partial charge < -0.3 is 19.5 Å². The first kappa shape index (κ1) is 20.4. The fourth-order valence-corrected chi connectivity index (χ4v) is 3.13. The molecule has 2 aliphatic rings. The number of benzene rings is 1. The van der Waals surface area contributed by atoms with E-state index in [0.29, 0.717) is 12.3 Å². The van der Waals surface area contributed by atoms with Crippen molar-refractivity contribution in [3.63, 3.8) is 0 Å². The largest absolute Gasteiger partial charge is 0.454 e. The summed E-state index contributed by atoms with van der Waals surface area (Å²) in [6.07, 6.45) is 9.86. The minimum absolute atomic E-state index is 0.0197. The fraction of sp³-hybridized carbons (Fsp3) is 0.400. The zero-order chi connectivity index (χ0) is 20.6. The first-order valence-electron chi connectivity index (χ1n) is 9.40. The van der Waals surface area contributed by atoms with Gasteiger partial charge in [-0.2, -0.15) is 0 Å². The van der Waals surface area contributed by atoms with Crippen LogP contribution in [0.1, 0.15) is 37.7 Å². The van der Waals surface area contributed by atoms with E-state index in [2.05, 4.69) is 11.4 Å². The van der Waals surface area contributed by atoms with E-state index >= 15 is 0 Å². The van der Waals surface area contributed by atoms with Crippen molar-refractivity contribution >= 4 is 23.6 Å². The average Bonchev–Trinajstić information content (AvgIpc) is 3.18. The zero-order valence-electron chi connectivity index (χ0n) is 15.8. The molecular weight excluding hydrogens is 380 g/mol. The zero-order valence-corrected chi connectivity index (χ0v) is 15.8. The molecule has 0 saturated heterocycles. The topological polar surface area (TPSA) is 117 Å². The maximum Gasteiger partial charge on any atom is 0.331 e. The molecule has 1 amide bonds. The van der Waals surface area contributed by atoms with E-state index in [4.69, 9.17) is 14.2 Å². The molecule has 0 fully saturated rings. The summed E-state index contributed by atoms with van der Waals surface area (Å²) in [4.78, 5) is 34.2. The lowest BCUT2D eigenvalue weighted by atomic mass is 9.97. The lowest BCUT2D eigenvalue weighted by Gasteiger charge is -2.12. The standard InChI is InChI=1S/C20H22N2O7/c23-19(21-9-8-14-4-2-1-3-5-14)12-27-20(24)7-6-15-10-17-18(29-13-28-17)11-16(15)22(25)26/h4,6-7,10-11H,1-3,5,8-9,12-13H2,(H,21,23)/b7-6+. The van der Waals surface area contributed by atoms with Crippen molar-refractivity contribution in [2.45, 2.75) is 32.1 Å². The highest BCUT2D eigenvalue weighted by Gasteiger charge is 2.22. The number of carbonyl (C=O) groups is 2. The van der Waals surface area contributed by atoms with Gasteiger partial charge in [0.05, 0.1) is 16.6 Å². The SMILES string of the molecule is O=C(COC(=O)/C=C/c1cc2c(cc1[N+](=O)[O-])OCO2)NCCC1=CCCCC1. The number of nitrogens with one attached hydrogen (secondary N) is 1. The van der Waals surface area contributed by atoms with Crippen LogP contribution in [0.2, 0.25) is 0 Å². The Balaban J connectivity index is 1.46. The molecule has 1 heterocycles. The molecule has 1 aromatic rings. The number of allylic oxidation sites excluding steroid dienone is 1. The van der Waals surface area contributed by atoms with Gasteiger partial charge in [-0.15, -0.1) is 0 Å². The van der Waals surface area contributed by atoms with Gasteiger partial charge in [-0.1, -0.05) is 11.6 Å². The maximum absolute atomic E-state index is 11.8. The Morgan fingerprint density at radius 1 is 1.24 bits per heavy atom. The van der Waals surface area contributed by atoms with Crippen LogP contribution in [0.4, 0.5) is 5.69 Å². The van der Waals surface area contributed by atoms with Crippen LogP contribution in [-0.2, 0) is 14.3 Å². The molecule has 0 spiro atoms. The summed E-state index contributed by atoms with van der Waals surface area (Å²) in [6, 6.07) is 2.65. The van der Waals surface area contributed by atoms with Gasteiger partial charge in [0.25, 0.3) is 11.6 Å². The predicted molar refractivity (Wildman–Crippen MR) is 103 cm³/mol. The molecule has 1 aromatic carbocycles. The number of rotatable bonds is 8. The van der Waals surface area contributed by atoms with Gasteiger partial charge >= 0.3 is 5.97 Å². The van der Waals surface area contributed by atoms with Crippen molar-refractivity contribution in [1.29, 1.82) is 0 Å². The molecule has 1 N–H and O–H groups in total. The van der Waals surface area contributed by atoms with E-state index in [1.54, 1.807) is 0 Å². The summed E-state index contributed by atoms with van der Waals surface area (Å²) >= 11 is 0. The highest BCUT2D eigenvalue weighted by Crippen LogP contribution is 2.38. The van der Waals surface area contributed by atoms with Crippen LogP contribution in [0.15, 0.2) is 29.9 Å². The van der Waals surface area contributed by atoms with Crippen LogP contribution in [-0.4, -0.2) is 36.7 Å². The molecule has 0 bridgehead atoms. The van der Waals surface area contributed by atoms with Crippen molar-refractivity contribution in [3.8, 4) is 11.5 Å². The molecule has 0 aromatic heterocycles. The van der Waals surface area contributed by atoms with Crippen LogP contribution < -0.4 is 14.8 Å². The first-order chi connectivity index (χ1) is 14.0. The summed E-state index contributed by atoms with van der Waals surface area (Å²) in [6.45, 7) is 0.0704. The Labute approximate surface area is 167 Å². The highest BCUT2D eigenvalue weighted by molar-refractivity contribution is 5.90. The number of ether oxygens (including phenoxy) is 3. The number of carbonyl (C=O) groups excluding carboxylic acids is 2. The van der Waals surface area contributed by atoms with Gasteiger partial charge in [0.2, 0.25) is 6.79 Å². The van der Waals surface area contributed by atoms with E-state index in [0.717, 1.165) is 25.3 Å². The normalized spacial score (nSPS) is 15.1. The molecular formula is C20H22N2O7. The molecule has 0 unspecified atom stereocenters. The van der Waals surface area contributed by atoms with Crippen LogP contribution in [0.3, 0.4) is 0 Å². The first-order valence-corrected chi connectivity index (χ1v) is 9.40. The number of hydrogen-bond donors (Lipinski definition) is 1. The average molecular weight is 402 g/mol. The van der Waals surface area contributed by atoms with E-state index in [1.807, 2.05) is 0 Å². The smallest absolute Gasteiger partial charge is 0.331 e. The number of esters is 1. The summed E-state index contributed by atoms with van der Waals surface area (Å²) < 4.78 is 15.2. The molecule has 0 saturated carbocycles. The van der Waals surface area contributed by atoms with Gasteiger partial charge in [-0.3, -0.25) is 14.9 Å². The third-order valence-corrected chi connectivity index (χ3v) is 4.62. The number of fused-ring (bicyclic) bond motifs is 1. The maximum atomic E-state index is 11.8. The molecule has 9 nitrogen and oxygen atoms in total. The highest BCUT2D eigenvalue weighted by atomic mass is 16.7. The second-order valence-electron chi connectivity index (χ2n) is 6.67. The number of nitrogens with zero attached hydrogens (tertiary/aromatic N) is 1. The van der Waals surface area contributed by atoms with Crippen molar-refractivity contribution in [3.05, 3.63) is 45.5 Å². The molecule has 154 valence electrons. The predicted octanol–water partition coefficient (Wildman–Crippen LogP) is 2.89. The number of nitro groups is 1. The van der Waals surface area contributed by atoms with Crippen molar-refractivity contribution < 1.29 is 28.7 Å². The second kappa shape index (κ2) is 9.72. The van der Waals surface area contributed by atoms with Gasteiger partial charge in [0.15, 0.2) is 18.1 Å². The Morgan fingerprint density at radius 2 is 2.03 bits per heavy atom. The number of amides is 1. The second-order valence-corrected chi connectivity index (χ2v) is 6.67. The molecule has 9 heteroatoms. The number of hydrogen-bond acceptors (Lipinski definition) is 7. The molecule has 29 heavy (non-hydrogen) atoms. The number of nitro benzene ring substituents is 1. The van der Waals surface area contributed by atoms with E-state index in [9.17, 15) is 19.7 Å². The minimum atomic E-state index is -0.776. The van der Waals surface area contributed by atoms with Crippen LogP contribution in [0.25, 0.3) is 6.08 Å². The molecule has 3 rings (SSSR count).